The van der Waals surface area contributed by atoms with Gasteiger partial charge < -0.3 is 5.32 Å². The molecule has 0 aromatic carbocycles. The van der Waals surface area contributed by atoms with Gasteiger partial charge in [-0.2, -0.15) is 5.26 Å². The molecule has 0 bridgehead atoms. The molecule has 0 rings (SSSR count). The normalized spacial score (nSPS) is 14.9. The van der Waals surface area contributed by atoms with Crippen molar-refractivity contribution < 1.29 is 0 Å². The fourth-order valence-corrected chi connectivity index (χ4v) is 1.43. The molecule has 76 valence electrons. The largest absolute Gasteiger partial charge is 0.310 e. The minimum Gasteiger partial charge on any atom is -0.310 e. The van der Waals surface area contributed by atoms with E-state index in [1.165, 1.54) is 19.3 Å². The highest BCUT2D eigenvalue weighted by atomic mass is 14.9. The Morgan fingerprint density at radius 1 is 1.38 bits per heavy atom. The number of hydrogen-bond acceptors (Lipinski definition) is 2. The van der Waals surface area contributed by atoms with E-state index in [-0.39, 0.29) is 0 Å². The maximum absolute atomic E-state index is 8.57. The summed E-state index contributed by atoms with van der Waals surface area (Å²) >= 11 is 0. The molecule has 0 amide bonds. The van der Waals surface area contributed by atoms with Crippen molar-refractivity contribution in [3.05, 3.63) is 0 Å². The molecule has 13 heavy (non-hydrogen) atoms. The summed E-state index contributed by atoms with van der Waals surface area (Å²) in [6.07, 6.45) is 5.42. The van der Waals surface area contributed by atoms with Crippen LogP contribution in [0.3, 0.4) is 0 Å². The van der Waals surface area contributed by atoms with Gasteiger partial charge in [0.2, 0.25) is 0 Å². The third-order valence-electron chi connectivity index (χ3n) is 2.34. The summed E-state index contributed by atoms with van der Waals surface area (Å²) in [5, 5.41) is 12.0. The minimum atomic E-state index is 0.386. The lowest BCUT2D eigenvalue weighted by atomic mass is 10.1. The van der Waals surface area contributed by atoms with Gasteiger partial charge in [0.05, 0.1) is 12.5 Å². The van der Waals surface area contributed by atoms with Gasteiger partial charge in [0, 0.05) is 12.1 Å². The van der Waals surface area contributed by atoms with Crippen molar-refractivity contribution in [1.82, 2.24) is 5.32 Å². The summed E-state index contributed by atoms with van der Waals surface area (Å²) in [5.41, 5.74) is 0. The second kappa shape index (κ2) is 8.07. The van der Waals surface area contributed by atoms with Crippen LogP contribution in [0.2, 0.25) is 0 Å². The molecular weight excluding hydrogens is 160 g/mol. The number of nitrogens with one attached hydrogen (secondary N) is 1. The Balaban J connectivity index is 3.60. The molecule has 0 radical (unpaired) electrons. The van der Waals surface area contributed by atoms with Gasteiger partial charge in [0.25, 0.3) is 0 Å². The Bertz CT molecular complexity index is 149. The third-order valence-corrected chi connectivity index (χ3v) is 2.34. The first-order chi connectivity index (χ1) is 6.24. The van der Waals surface area contributed by atoms with Gasteiger partial charge in [-0.25, -0.2) is 0 Å². The molecule has 0 aliphatic carbocycles. The molecule has 2 nitrogen and oxygen atoms in total. The molecule has 0 aromatic heterocycles. The first-order valence-corrected chi connectivity index (χ1v) is 5.37. The highest BCUT2D eigenvalue weighted by Crippen LogP contribution is 2.04. The third kappa shape index (κ3) is 6.60. The van der Waals surface area contributed by atoms with Gasteiger partial charge in [-0.05, 0) is 19.8 Å². The van der Waals surface area contributed by atoms with Crippen molar-refractivity contribution in [2.75, 3.05) is 0 Å². The summed E-state index contributed by atoms with van der Waals surface area (Å²) in [4.78, 5) is 0. The van der Waals surface area contributed by atoms with Crippen LogP contribution in [-0.4, -0.2) is 12.1 Å². The molecule has 0 fully saturated rings. The molecule has 2 atom stereocenters. The van der Waals surface area contributed by atoms with Crippen molar-refractivity contribution in [3.63, 3.8) is 0 Å². The minimum absolute atomic E-state index is 0.386. The lowest BCUT2D eigenvalue weighted by Gasteiger charge is -2.19. The van der Waals surface area contributed by atoms with Gasteiger partial charge >= 0.3 is 0 Å². The van der Waals surface area contributed by atoms with Gasteiger partial charge in [0.15, 0.2) is 0 Å². The van der Waals surface area contributed by atoms with E-state index in [0.29, 0.717) is 18.5 Å². The number of nitriles is 1. The molecule has 0 saturated heterocycles. The molecule has 0 heterocycles. The van der Waals surface area contributed by atoms with Crippen molar-refractivity contribution >= 4 is 0 Å². The van der Waals surface area contributed by atoms with Crippen LogP contribution >= 0.6 is 0 Å². The molecule has 2 heteroatoms. The Labute approximate surface area is 82.3 Å². The molecule has 0 aliphatic rings. The molecule has 0 aliphatic heterocycles. The predicted molar refractivity (Wildman–Crippen MR) is 56.4 cm³/mol. The second-order valence-electron chi connectivity index (χ2n) is 3.68. The summed E-state index contributed by atoms with van der Waals surface area (Å²) in [7, 11) is 0. The van der Waals surface area contributed by atoms with Crippen LogP contribution in [0.15, 0.2) is 0 Å². The summed E-state index contributed by atoms with van der Waals surface area (Å²) < 4.78 is 0. The Hall–Kier alpha value is -0.550. The second-order valence-corrected chi connectivity index (χ2v) is 3.68. The Morgan fingerprint density at radius 2 is 2.08 bits per heavy atom. The van der Waals surface area contributed by atoms with E-state index in [1.54, 1.807) is 0 Å². The quantitative estimate of drug-likeness (QED) is 0.657. The predicted octanol–water partition coefficient (Wildman–Crippen LogP) is 2.85. The highest BCUT2D eigenvalue weighted by molar-refractivity contribution is 4.81. The zero-order valence-electron chi connectivity index (χ0n) is 9.14. The number of nitrogens with zero attached hydrogens (tertiary/aromatic N) is 1. The van der Waals surface area contributed by atoms with Crippen LogP contribution in [0.5, 0.6) is 0 Å². The summed E-state index contributed by atoms with van der Waals surface area (Å²) in [5.74, 6) is 0. The average molecular weight is 182 g/mol. The van der Waals surface area contributed by atoms with Gasteiger partial charge in [0.1, 0.15) is 0 Å². The maximum atomic E-state index is 8.57. The zero-order valence-corrected chi connectivity index (χ0v) is 9.14. The Morgan fingerprint density at radius 3 is 2.54 bits per heavy atom. The highest BCUT2D eigenvalue weighted by Gasteiger charge is 2.08. The van der Waals surface area contributed by atoms with Crippen LogP contribution in [0.25, 0.3) is 0 Å². The van der Waals surface area contributed by atoms with Crippen molar-refractivity contribution in [3.8, 4) is 6.07 Å². The molecule has 2 unspecified atom stereocenters. The molecule has 1 N–H and O–H groups in total. The van der Waals surface area contributed by atoms with E-state index >= 15 is 0 Å². The molecule has 0 aromatic rings. The van der Waals surface area contributed by atoms with Crippen LogP contribution in [-0.2, 0) is 0 Å². The van der Waals surface area contributed by atoms with Crippen molar-refractivity contribution in [1.29, 1.82) is 5.26 Å². The fourth-order valence-electron chi connectivity index (χ4n) is 1.43. The molecular formula is C11H22N2. The van der Waals surface area contributed by atoms with Crippen LogP contribution in [0.4, 0.5) is 0 Å². The topological polar surface area (TPSA) is 35.8 Å². The van der Waals surface area contributed by atoms with Crippen LogP contribution in [0, 0.1) is 11.3 Å². The van der Waals surface area contributed by atoms with Gasteiger partial charge in [-0.3, -0.25) is 0 Å². The van der Waals surface area contributed by atoms with E-state index in [1.807, 2.05) is 0 Å². The monoisotopic (exact) mass is 182 g/mol. The number of rotatable bonds is 7. The van der Waals surface area contributed by atoms with E-state index in [0.717, 1.165) is 6.42 Å². The Kier molecular flexibility index (Phi) is 7.73. The first kappa shape index (κ1) is 12.4. The number of hydrogen-bond donors (Lipinski definition) is 1. The number of unbranched alkanes of at least 4 members (excludes halogenated alkanes) is 1. The lowest BCUT2D eigenvalue weighted by molar-refractivity contribution is 0.413. The fraction of sp³-hybridized carbons (Fsp3) is 0.909. The van der Waals surface area contributed by atoms with Crippen molar-refractivity contribution in [2.45, 2.75) is 65.0 Å². The average Bonchev–Trinajstić information content (AvgIpc) is 2.14. The van der Waals surface area contributed by atoms with E-state index in [9.17, 15) is 0 Å². The SMILES string of the molecule is CCCCC(C)NC(CC)CC#N. The standard InChI is InChI=1S/C11H22N2/c1-4-6-7-10(3)13-11(5-2)8-9-12/h10-11,13H,4-8H2,1-3H3. The zero-order chi connectivity index (χ0) is 10.1. The van der Waals surface area contributed by atoms with E-state index in [4.69, 9.17) is 5.26 Å². The van der Waals surface area contributed by atoms with Crippen LogP contribution < -0.4 is 5.32 Å². The van der Waals surface area contributed by atoms with Crippen LogP contribution in [0.1, 0.15) is 52.9 Å². The van der Waals surface area contributed by atoms with Gasteiger partial charge in [-0.1, -0.05) is 26.7 Å². The smallest absolute Gasteiger partial charge is 0.0638 e. The van der Waals surface area contributed by atoms with E-state index < -0.39 is 0 Å². The van der Waals surface area contributed by atoms with Crippen molar-refractivity contribution in [2.24, 2.45) is 0 Å². The summed E-state index contributed by atoms with van der Waals surface area (Å²) in [6.45, 7) is 6.54. The summed E-state index contributed by atoms with van der Waals surface area (Å²) in [6, 6.07) is 3.16. The molecule has 0 spiro atoms. The lowest BCUT2D eigenvalue weighted by Crippen LogP contribution is -2.35. The maximum Gasteiger partial charge on any atom is 0.0638 e. The first-order valence-electron chi connectivity index (χ1n) is 5.37. The van der Waals surface area contributed by atoms with E-state index in [2.05, 4.69) is 32.2 Å². The molecule has 0 saturated carbocycles. The van der Waals surface area contributed by atoms with Gasteiger partial charge in [-0.15, -0.1) is 0 Å².